The van der Waals surface area contributed by atoms with Gasteiger partial charge in [0.1, 0.15) is 0 Å². The van der Waals surface area contributed by atoms with Crippen molar-refractivity contribution in [2.45, 2.75) is 6.92 Å². The van der Waals surface area contributed by atoms with E-state index in [1.165, 1.54) is 4.88 Å². The summed E-state index contributed by atoms with van der Waals surface area (Å²) in [5.74, 6) is 5.40. The second-order valence-corrected chi connectivity index (χ2v) is 4.14. The lowest BCUT2D eigenvalue weighted by Crippen LogP contribution is -2.13. The van der Waals surface area contributed by atoms with Crippen LogP contribution in [0.1, 0.15) is 9.75 Å². The van der Waals surface area contributed by atoms with Gasteiger partial charge in [0.05, 0.1) is 4.88 Å². The van der Waals surface area contributed by atoms with Crippen molar-refractivity contribution < 1.29 is 0 Å². The second kappa shape index (κ2) is 3.23. The van der Waals surface area contributed by atoms with Gasteiger partial charge in [0.15, 0.2) is 5.84 Å². The molecule has 0 aliphatic carbocycles. The molecular weight excluding hydrogens is 226 g/mol. The average molecular weight is 234 g/mol. The molecule has 1 aromatic heterocycles. The van der Waals surface area contributed by atoms with Gasteiger partial charge in [-0.15, -0.1) is 11.3 Å². The highest BCUT2D eigenvalue weighted by Gasteiger charge is 2.04. The first kappa shape index (κ1) is 8.55. The van der Waals surface area contributed by atoms with E-state index in [2.05, 4.69) is 21.0 Å². The maximum atomic E-state index is 5.49. The van der Waals surface area contributed by atoms with Crippen LogP contribution in [-0.4, -0.2) is 5.84 Å². The van der Waals surface area contributed by atoms with Crippen LogP contribution in [0, 0.1) is 6.92 Å². The molecule has 0 bridgehead atoms. The molecule has 4 N–H and O–H groups in total. The van der Waals surface area contributed by atoms with E-state index >= 15 is 0 Å². The molecule has 0 spiro atoms. The molecule has 0 radical (unpaired) electrons. The maximum Gasteiger partial charge on any atom is 0.160 e. The molecule has 1 heterocycles. The quantitative estimate of drug-likeness (QED) is 0.334. The van der Waals surface area contributed by atoms with E-state index in [0.29, 0.717) is 5.84 Å². The zero-order valence-electron chi connectivity index (χ0n) is 5.97. The first-order valence-electron chi connectivity index (χ1n) is 2.95. The fourth-order valence-electron chi connectivity index (χ4n) is 0.650. The molecule has 1 aromatic rings. The zero-order valence-corrected chi connectivity index (χ0v) is 8.37. The molecule has 0 amide bonds. The molecule has 0 aromatic carbocycles. The van der Waals surface area contributed by atoms with Gasteiger partial charge in [0, 0.05) is 9.35 Å². The Morgan fingerprint density at radius 3 is 2.73 bits per heavy atom. The molecule has 0 aliphatic rings. The predicted molar refractivity (Wildman–Crippen MR) is 51.7 cm³/mol. The van der Waals surface area contributed by atoms with Crippen molar-refractivity contribution in [3.8, 4) is 0 Å². The number of nitrogens with zero attached hydrogens (tertiary/aromatic N) is 1. The van der Waals surface area contributed by atoms with Crippen molar-refractivity contribution in [1.29, 1.82) is 0 Å². The molecule has 60 valence electrons. The summed E-state index contributed by atoms with van der Waals surface area (Å²) >= 11 is 4.94. The lowest BCUT2D eigenvalue weighted by atomic mass is 10.4. The van der Waals surface area contributed by atoms with Gasteiger partial charge in [-0.25, -0.2) is 0 Å². The van der Waals surface area contributed by atoms with E-state index in [1.807, 2.05) is 13.0 Å². The zero-order chi connectivity index (χ0) is 8.43. The Labute approximate surface area is 77.2 Å². The van der Waals surface area contributed by atoms with E-state index < -0.39 is 0 Å². The Bertz CT molecular complexity index is 273. The van der Waals surface area contributed by atoms with E-state index in [0.717, 1.165) is 9.35 Å². The Morgan fingerprint density at radius 2 is 2.36 bits per heavy atom. The number of nitrogens with two attached hydrogens (primary N) is 2. The maximum absolute atomic E-state index is 5.49. The molecule has 1 rings (SSSR count). The molecular formula is C6H8BrN3S. The summed E-state index contributed by atoms with van der Waals surface area (Å²) in [6.07, 6.45) is 0. The topological polar surface area (TPSA) is 64.4 Å². The van der Waals surface area contributed by atoms with Crippen LogP contribution in [0.15, 0.2) is 15.6 Å². The minimum absolute atomic E-state index is 0.379. The van der Waals surface area contributed by atoms with Crippen molar-refractivity contribution in [2.75, 3.05) is 0 Å². The molecule has 0 aliphatic heterocycles. The van der Waals surface area contributed by atoms with Crippen LogP contribution in [0.5, 0.6) is 0 Å². The first-order chi connectivity index (χ1) is 5.15. The van der Waals surface area contributed by atoms with Crippen LogP contribution in [-0.2, 0) is 0 Å². The molecule has 0 saturated heterocycles. The Hall–Kier alpha value is -0.550. The third-order valence-electron chi connectivity index (χ3n) is 1.25. The van der Waals surface area contributed by atoms with E-state index in [1.54, 1.807) is 11.3 Å². The van der Waals surface area contributed by atoms with E-state index in [4.69, 9.17) is 11.6 Å². The third-order valence-corrected chi connectivity index (χ3v) is 3.41. The summed E-state index contributed by atoms with van der Waals surface area (Å²) in [6, 6.07) is 1.91. The highest BCUT2D eigenvalue weighted by atomic mass is 79.9. The van der Waals surface area contributed by atoms with Crippen LogP contribution in [0.3, 0.4) is 0 Å². The largest absolute Gasteiger partial charge is 0.381 e. The minimum atomic E-state index is 0.379. The normalized spacial score (nSPS) is 12.0. The minimum Gasteiger partial charge on any atom is -0.381 e. The monoisotopic (exact) mass is 233 g/mol. The number of hydrazone groups is 1. The van der Waals surface area contributed by atoms with Crippen molar-refractivity contribution in [3.05, 3.63) is 20.3 Å². The summed E-state index contributed by atoms with van der Waals surface area (Å²) in [7, 11) is 0. The van der Waals surface area contributed by atoms with Gasteiger partial charge in [0.25, 0.3) is 0 Å². The summed E-state index contributed by atoms with van der Waals surface area (Å²) in [4.78, 5) is 2.07. The average Bonchev–Trinajstić information content (AvgIpc) is 2.31. The summed E-state index contributed by atoms with van der Waals surface area (Å²) in [5.41, 5.74) is 5.49. The smallest absolute Gasteiger partial charge is 0.160 e. The summed E-state index contributed by atoms with van der Waals surface area (Å²) in [5, 5.41) is 3.40. The van der Waals surface area contributed by atoms with Gasteiger partial charge in [-0.05, 0) is 28.9 Å². The number of hydrogen-bond acceptors (Lipinski definition) is 3. The Balaban J connectivity index is 3.07. The number of halogens is 1. The fraction of sp³-hybridized carbons (Fsp3) is 0.167. The van der Waals surface area contributed by atoms with Gasteiger partial charge in [-0.1, -0.05) is 0 Å². The summed E-state index contributed by atoms with van der Waals surface area (Å²) in [6.45, 7) is 2.00. The lowest BCUT2D eigenvalue weighted by Gasteiger charge is -1.89. The number of hydrogen-bond donors (Lipinski definition) is 2. The number of amidine groups is 1. The van der Waals surface area contributed by atoms with Crippen LogP contribution >= 0.6 is 27.3 Å². The van der Waals surface area contributed by atoms with E-state index in [-0.39, 0.29) is 0 Å². The van der Waals surface area contributed by atoms with Gasteiger partial charge < -0.3 is 11.6 Å². The molecule has 0 saturated carbocycles. The lowest BCUT2D eigenvalue weighted by molar-refractivity contribution is 1.23. The highest BCUT2D eigenvalue weighted by molar-refractivity contribution is 9.10. The Kier molecular flexibility index (Phi) is 2.51. The van der Waals surface area contributed by atoms with Crippen molar-refractivity contribution in [2.24, 2.45) is 16.7 Å². The molecule has 3 nitrogen and oxygen atoms in total. The molecule has 5 heteroatoms. The highest BCUT2D eigenvalue weighted by Crippen LogP contribution is 2.25. The fourth-order valence-corrected chi connectivity index (χ4v) is 2.09. The van der Waals surface area contributed by atoms with Gasteiger partial charge >= 0.3 is 0 Å². The standard InChI is InChI=1S/C6H8BrN3S/c1-3-4(7)2-5(11-3)6(8)10-9/h2H,9H2,1H3,(H2,8,10). The van der Waals surface area contributed by atoms with E-state index in [9.17, 15) is 0 Å². The molecule has 0 atom stereocenters. The van der Waals surface area contributed by atoms with Crippen LogP contribution in [0.4, 0.5) is 0 Å². The van der Waals surface area contributed by atoms with Crippen molar-refractivity contribution in [1.82, 2.24) is 0 Å². The SMILES string of the molecule is Cc1sc(C(N)=NN)cc1Br. The first-order valence-corrected chi connectivity index (χ1v) is 4.55. The predicted octanol–water partition coefficient (Wildman–Crippen LogP) is 1.40. The van der Waals surface area contributed by atoms with Crippen LogP contribution in [0.25, 0.3) is 0 Å². The van der Waals surface area contributed by atoms with Gasteiger partial charge in [-0.2, -0.15) is 5.10 Å². The third kappa shape index (κ3) is 1.72. The van der Waals surface area contributed by atoms with Gasteiger partial charge in [-0.3, -0.25) is 0 Å². The number of rotatable bonds is 1. The van der Waals surface area contributed by atoms with Crippen molar-refractivity contribution >= 4 is 33.1 Å². The number of thiophene rings is 1. The van der Waals surface area contributed by atoms with Crippen LogP contribution < -0.4 is 11.6 Å². The Morgan fingerprint density at radius 1 is 1.73 bits per heavy atom. The van der Waals surface area contributed by atoms with Gasteiger partial charge in [0.2, 0.25) is 0 Å². The molecule has 11 heavy (non-hydrogen) atoms. The molecule has 0 unspecified atom stereocenters. The van der Waals surface area contributed by atoms with Crippen molar-refractivity contribution in [3.63, 3.8) is 0 Å². The summed E-state index contributed by atoms with van der Waals surface area (Å²) < 4.78 is 1.05. The number of aryl methyl sites for hydroxylation is 1. The van der Waals surface area contributed by atoms with Crippen LogP contribution in [0.2, 0.25) is 0 Å². The second-order valence-electron chi connectivity index (χ2n) is 2.03. The molecule has 0 fully saturated rings.